The van der Waals surface area contributed by atoms with Gasteiger partial charge in [0.1, 0.15) is 0 Å². The van der Waals surface area contributed by atoms with Crippen LogP contribution in [0.2, 0.25) is 0 Å². The van der Waals surface area contributed by atoms with Crippen LogP contribution in [0, 0.1) is 5.92 Å². The van der Waals surface area contributed by atoms with E-state index in [4.69, 9.17) is 0 Å². The van der Waals surface area contributed by atoms with E-state index in [2.05, 4.69) is 0 Å². The highest BCUT2D eigenvalue weighted by Crippen LogP contribution is 2.30. The normalized spacial score (nSPS) is 17.0. The molecule has 0 aromatic heterocycles. The van der Waals surface area contributed by atoms with Gasteiger partial charge in [-0.05, 0) is 30.4 Å². The van der Waals surface area contributed by atoms with E-state index in [-0.39, 0.29) is 23.5 Å². The van der Waals surface area contributed by atoms with Gasteiger partial charge >= 0.3 is 0 Å². The van der Waals surface area contributed by atoms with Crippen LogP contribution in [0.1, 0.15) is 45.1 Å². The van der Waals surface area contributed by atoms with Crippen molar-refractivity contribution in [3.8, 4) is 0 Å². The minimum Gasteiger partial charge on any atom is -0.392 e. The van der Waals surface area contributed by atoms with Crippen molar-refractivity contribution in [1.29, 1.82) is 0 Å². The molecule has 4 nitrogen and oxygen atoms in total. The van der Waals surface area contributed by atoms with Gasteiger partial charge in [-0.2, -0.15) is 4.31 Å². The Bertz CT molecular complexity index is 563. The molecule has 1 N–H and O–H groups in total. The third-order valence-electron chi connectivity index (χ3n) is 4.01. The summed E-state index contributed by atoms with van der Waals surface area (Å²) in [6.45, 7) is 4.35. The molecule has 2 rings (SSSR count). The summed E-state index contributed by atoms with van der Waals surface area (Å²) in [6, 6.07) is 6.85. The van der Waals surface area contributed by atoms with Crippen LogP contribution in [-0.2, 0) is 16.6 Å². The molecule has 0 saturated heterocycles. The molecule has 0 heterocycles. The van der Waals surface area contributed by atoms with Crippen LogP contribution in [0.15, 0.2) is 29.2 Å². The fraction of sp³-hybridized carbons (Fsp3) is 0.625. The quantitative estimate of drug-likeness (QED) is 0.879. The Hall–Kier alpha value is -0.910. The molecule has 21 heavy (non-hydrogen) atoms. The lowest BCUT2D eigenvalue weighted by Crippen LogP contribution is -2.41. The zero-order chi connectivity index (χ0) is 15.5. The highest BCUT2D eigenvalue weighted by molar-refractivity contribution is 7.89. The molecule has 0 aliphatic heterocycles. The number of benzene rings is 1. The molecule has 0 amide bonds. The van der Waals surface area contributed by atoms with E-state index in [0.29, 0.717) is 12.1 Å². The van der Waals surface area contributed by atoms with Crippen LogP contribution in [0.3, 0.4) is 0 Å². The molecule has 0 bridgehead atoms. The fourth-order valence-corrected chi connectivity index (χ4v) is 5.07. The lowest BCUT2D eigenvalue weighted by Gasteiger charge is -2.30. The van der Waals surface area contributed by atoms with Gasteiger partial charge in [0.15, 0.2) is 0 Å². The largest absolute Gasteiger partial charge is 0.392 e. The highest BCUT2D eigenvalue weighted by Gasteiger charge is 2.34. The number of nitrogens with zero attached hydrogens (tertiary/aromatic N) is 1. The molecule has 0 radical (unpaired) electrons. The summed E-state index contributed by atoms with van der Waals surface area (Å²) in [6.07, 6.45) is 4.06. The highest BCUT2D eigenvalue weighted by atomic mass is 32.2. The van der Waals surface area contributed by atoms with Crippen LogP contribution in [0.4, 0.5) is 0 Å². The van der Waals surface area contributed by atoms with Crippen LogP contribution in [0.25, 0.3) is 0 Å². The molecule has 1 aromatic carbocycles. The second kappa shape index (κ2) is 6.90. The van der Waals surface area contributed by atoms with Crippen molar-refractivity contribution in [2.45, 2.75) is 57.1 Å². The van der Waals surface area contributed by atoms with Gasteiger partial charge in [0.25, 0.3) is 0 Å². The van der Waals surface area contributed by atoms with E-state index < -0.39 is 10.0 Å². The van der Waals surface area contributed by atoms with E-state index in [0.717, 1.165) is 25.7 Å². The van der Waals surface area contributed by atoms with Gasteiger partial charge in [-0.15, -0.1) is 0 Å². The lowest BCUT2D eigenvalue weighted by molar-refractivity contribution is 0.274. The Morgan fingerprint density at radius 1 is 1.24 bits per heavy atom. The predicted molar refractivity (Wildman–Crippen MR) is 83.4 cm³/mol. The van der Waals surface area contributed by atoms with E-state index >= 15 is 0 Å². The maximum Gasteiger partial charge on any atom is 0.243 e. The van der Waals surface area contributed by atoms with Crippen LogP contribution in [-0.4, -0.2) is 30.4 Å². The van der Waals surface area contributed by atoms with Crippen molar-refractivity contribution in [3.63, 3.8) is 0 Å². The van der Waals surface area contributed by atoms with Crippen molar-refractivity contribution in [1.82, 2.24) is 4.31 Å². The van der Waals surface area contributed by atoms with Crippen molar-refractivity contribution < 1.29 is 13.5 Å². The minimum atomic E-state index is -3.55. The average molecular weight is 311 g/mol. The second-order valence-corrected chi connectivity index (χ2v) is 8.03. The summed E-state index contributed by atoms with van der Waals surface area (Å²) in [4.78, 5) is 0.250. The van der Waals surface area contributed by atoms with Crippen molar-refractivity contribution >= 4 is 10.0 Å². The number of hydrogen-bond acceptors (Lipinski definition) is 3. The number of hydrogen-bond donors (Lipinski definition) is 1. The maximum absolute atomic E-state index is 13.0. The summed E-state index contributed by atoms with van der Waals surface area (Å²) in [7, 11) is -3.55. The Morgan fingerprint density at radius 2 is 1.86 bits per heavy atom. The number of sulfonamides is 1. The molecular formula is C16H25NO3S. The predicted octanol–water partition coefficient (Wildman–Crippen LogP) is 2.77. The van der Waals surface area contributed by atoms with Crippen LogP contribution >= 0.6 is 0 Å². The summed E-state index contributed by atoms with van der Waals surface area (Å²) >= 11 is 0. The Balaban J connectivity index is 2.41. The molecule has 1 aromatic rings. The van der Waals surface area contributed by atoms with Gasteiger partial charge in [0, 0.05) is 12.6 Å². The smallest absolute Gasteiger partial charge is 0.243 e. The Kier molecular flexibility index (Phi) is 5.41. The lowest BCUT2D eigenvalue weighted by atomic mass is 10.2. The molecule has 1 aliphatic carbocycles. The summed E-state index contributed by atoms with van der Waals surface area (Å²) in [5.41, 5.74) is 0.476. The number of aliphatic hydroxyl groups is 1. The van der Waals surface area contributed by atoms with Gasteiger partial charge in [0.2, 0.25) is 10.0 Å². The first-order valence-corrected chi connectivity index (χ1v) is 9.11. The Morgan fingerprint density at radius 3 is 2.43 bits per heavy atom. The third kappa shape index (κ3) is 3.65. The van der Waals surface area contributed by atoms with Gasteiger partial charge < -0.3 is 5.11 Å². The molecular weight excluding hydrogens is 286 g/mol. The summed E-state index contributed by atoms with van der Waals surface area (Å²) in [5, 5.41) is 9.43. The number of aliphatic hydroxyl groups excluding tert-OH is 1. The van der Waals surface area contributed by atoms with Crippen molar-refractivity contribution in [3.05, 3.63) is 29.8 Å². The zero-order valence-corrected chi connectivity index (χ0v) is 13.6. The van der Waals surface area contributed by atoms with E-state index in [9.17, 15) is 13.5 Å². The molecule has 1 saturated carbocycles. The van der Waals surface area contributed by atoms with Gasteiger partial charge in [0.05, 0.1) is 11.5 Å². The summed E-state index contributed by atoms with van der Waals surface area (Å²) in [5.74, 6) is 0.279. The fourth-order valence-electron chi connectivity index (χ4n) is 3.01. The van der Waals surface area contributed by atoms with Crippen LogP contribution in [0.5, 0.6) is 0 Å². The summed E-state index contributed by atoms with van der Waals surface area (Å²) < 4.78 is 27.8. The molecule has 0 unspecified atom stereocenters. The molecule has 118 valence electrons. The van der Waals surface area contributed by atoms with Crippen molar-refractivity contribution in [2.75, 3.05) is 6.54 Å². The average Bonchev–Trinajstić information content (AvgIpc) is 2.98. The molecule has 1 fully saturated rings. The molecule has 0 spiro atoms. The van der Waals surface area contributed by atoms with Gasteiger partial charge in [-0.25, -0.2) is 8.42 Å². The first-order chi connectivity index (χ1) is 9.96. The first-order valence-electron chi connectivity index (χ1n) is 7.67. The first kappa shape index (κ1) is 16.5. The third-order valence-corrected chi connectivity index (χ3v) is 6.03. The van der Waals surface area contributed by atoms with Crippen molar-refractivity contribution in [2.24, 2.45) is 5.92 Å². The van der Waals surface area contributed by atoms with E-state index in [1.165, 1.54) is 0 Å². The van der Waals surface area contributed by atoms with E-state index in [1.54, 1.807) is 28.6 Å². The SMILES string of the molecule is CC(C)CN(C1CCCC1)S(=O)(=O)c1ccccc1CO. The van der Waals surface area contributed by atoms with Gasteiger partial charge in [-0.1, -0.05) is 44.9 Å². The maximum atomic E-state index is 13.0. The van der Waals surface area contributed by atoms with E-state index in [1.807, 2.05) is 13.8 Å². The standard InChI is InChI=1S/C16H25NO3S/c1-13(2)11-17(15-8-4-5-9-15)21(19,20)16-10-6-3-7-14(16)12-18/h3,6-7,10,13,15,18H,4-5,8-9,11-12H2,1-2H3. The molecule has 0 atom stereocenters. The Labute approximate surface area is 127 Å². The number of rotatable bonds is 6. The topological polar surface area (TPSA) is 57.6 Å². The minimum absolute atomic E-state index is 0.101. The monoisotopic (exact) mass is 311 g/mol. The molecule has 5 heteroatoms. The zero-order valence-electron chi connectivity index (χ0n) is 12.8. The second-order valence-electron chi connectivity index (χ2n) is 6.17. The van der Waals surface area contributed by atoms with Crippen LogP contribution < -0.4 is 0 Å². The van der Waals surface area contributed by atoms with Gasteiger partial charge in [-0.3, -0.25) is 0 Å². The molecule has 1 aliphatic rings.